The van der Waals surface area contributed by atoms with Crippen molar-refractivity contribution in [1.29, 1.82) is 0 Å². The van der Waals surface area contributed by atoms with Crippen molar-refractivity contribution in [3.05, 3.63) is 51.1 Å². The molecule has 0 aliphatic heterocycles. The fourth-order valence-electron chi connectivity index (χ4n) is 2.03. The summed E-state index contributed by atoms with van der Waals surface area (Å²) in [4.78, 5) is 21.2. The van der Waals surface area contributed by atoms with Crippen LogP contribution in [-0.2, 0) is 0 Å². The molecule has 0 saturated carbocycles. The Labute approximate surface area is 136 Å². The molecule has 114 valence electrons. The Bertz CT molecular complexity index is 837. The second-order valence-corrected chi connectivity index (χ2v) is 7.28. The molecule has 3 rings (SSSR count). The molecule has 0 amide bonds. The molecule has 0 saturated heterocycles. The van der Waals surface area contributed by atoms with Crippen LogP contribution in [0.3, 0.4) is 0 Å². The Morgan fingerprint density at radius 1 is 1.27 bits per heavy atom. The van der Waals surface area contributed by atoms with Gasteiger partial charge in [0.05, 0.1) is 12.0 Å². The van der Waals surface area contributed by atoms with Gasteiger partial charge in [-0.2, -0.15) is 0 Å². The van der Waals surface area contributed by atoms with E-state index in [0.717, 1.165) is 21.2 Å². The molecule has 2 aromatic heterocycles. The van der Waals surface area contributed by atoms with Crippen LogP contribution in [0.15, 0.2) is 40.3 Å². The maximum absolute atomic E-state index is 12.0. The summed E-state index contributed by atoms with van der Waals surface area (Å²) < 4.78 is 5.67. The molecule has 0 atom stereocenters. The lowest BCUT2D eigenvalue weighted by Crippen LogP contribution is -2.08. The Kier molecular flexibility index (Phi) is 4.49. The highest BCUT2D eigenvalue weighted by Crippen LogP contribution is 2.22. The number of H-pyrrole nitrogens is 1. The molecule has 2 heterocycles. The van der Waals surface area contributed by atoms with Crippen LogP contribution in [0.2, 0.25) is 0 Å². The summed E-state index contributed by atoms with van der Waals surface area (Å²) in [5.74, 6) is 1.59. The lowest BCUT2D eigenvalue weighted by atomic mass is 10.2. The van der Waals surface area contributed by atoms with E-state index in [1.165, 1.54) is 17.3 Å². The molecule has 22 heavy (non-hydrogen) atoms. The highest BCUT2D eigenvalue weighted by molar-refractivity contribution is 7.99. The molecule has 0 bridgehead atoms. The Morgan fingerprint density at radius 3 is 2.82 bits per heavy atom. The first-order chi connectivity index (χ1) is 10.6. The minimum absolute atomic E-state index is 0.0729. The average Bonchev–Trinajstić information content (AvgIpc) is 2.86. The number of aryl methyl sites for hydroxylation is 2. The predicted molar refractivity (Wildman–Crippen MR) is 92.4 cm³/mol. The van der Waals surface area contributed by atoms with E-state index in [4.69, 9.17) is 4.74 Å². The highest BCUT2D eigenvalue weighted by atomic mass is 32.2. The van der Waals surface area contributed by atoms with E-state index < -0.39 is 0 Å². The summed E-state index contributed by atoms with van der Waals surface area (Å²) in [5, 5.41) is 1.31. The third-order valence-corrected chi connectivity index (χ3v) is 4.90. The van der Waals surface area contributed by atoms with Crippen molar-refractivity contribution in [3.63, 3.8) is 0 Å². The minimum atomic E-state index is -0.0729. The summed E-state index contributed by atoms with van der Waals surface area (Å²) in [6, 6.07) is 9.84. The zero-order valence-electron chi connectivity index (χ0n) is 12.4. The van der Waals surface area contributed by atoms with Gasteiger partial charge in [0.15, 0.2) is 5.16 Å². The van der Waals surface area contributed by atoms with Gasteiger partial charge < -0.3 is 9.72 Å². The lowest BCUT2D eigenvalue weighted by molar-refractivity contribution is 0.344. The standard InChI is InChI=1S/C16H16N2O2S2/c1-10-3-5-12(6-4-10)20-7-8-21-16-17-14(19)13-9-11(2)22-15(13)18-16/h3-6,9H,7-8H2,1-2H3,(H,17,18,19). The van der Waals surface area contributed by atoms with Crippen LogP contribution < -0.4 is 10.3 Å². The third-order valence-electron chi connectivity index (χ3n) is 3.12. The van der Waals surface area contributed by atoms with Crippen LogP contribution >= 0.6 is 23.1 Å². The second-order valence-electron chi connectivity index (χ2n) is 4.96. The smallest absolute Gasteiger partial charge is 0.260 e. The average molecular weight is 332 g/mol. The number of benzene rings is 1. The summed E-state index contributed by atoms with van der Waals surface area (Å²) >= 11 is 3.04. The number of hydrogen-bond acceptors (Lipinski definition) is 5. The second kappa shape index (κ2) is 6.54. The highest BCUT2D eigenvalue weighted by Gasteiger charge is 2.07. The van der Waals surface area contributed by atoms with Crippen LogP contribution in [0, 0.1) is 13.8 Å². The van der Waals surface area contributed by atoms with Crippen LogP contribution in [0.25, 0.3) is 10.2 Å². The molecule has 4 nitrogen and oxygen atoms in total. The minimum Gasteiger partial charge on any atom is -0.493 e. The van der Waals surface area contributed by atoms with Crippen LogP contribution in [0.5, 0.6) is 5.75 Å². The van der Waals surface area contributed by atoms with Gasteiger partial charge in [-0.1, -0.05) is 29.5 Å². The zero-order valence-corrected chi connectivity index (χ0v) is 14.0. The van der Waals surface area contributed by atoms with Gasteiger partial charge in [0, 0.05) is 10.6 Å². The number of thioether (sulfide) groups is 1. The third kappa shape index (κ3) is 3.51. The van der Waals surface area contributed by atoms with E-state index in [1.807, 2.05) is 44.2 Å². The van der Waals surface area contributed by atoms with Crippen LogP contribution in [0.1, 0.15) is 10.4 Å². The lowest BCUT2D eigenvalue weighted by Gasteiger charge is -2.06. The maximum Gasteiger partial charge on any atom is 0.260 e. The molecule has 0 spiro atoms. The van der Waals surface area contributed by atoms with E-state index in [-0.39, 0.29) is 5.56 Å². The monoisotopic (exact) mass is 332 g/mol. The van der Waals surface area contributed by atoms with Crippen molar-refractivity contribution in [3.8, 4) is 5.75 Å². The van der Waals surface area contributed by atoms with E-state index in [0.29, 0.717) is 17.1 Å². The first kappa shape index (κ1) is 15.1. The topological polar surface area (TPSA) is 55.0 Å². The molecule has 3 aromatic rings. The number of aromatic amines is 1. The van der Waals surface area contributed by atoms with E-state index >= 15 is 0 Å². The molecule has 6 heteroatoms. The number of nitrogens with zero attached hydrogens (tertiary/aromatic N) is 1. The number of nitrogens with one attached hydrogen (secondary N) is 1. The summed E-state index contributed by atoms with van der Waals surface area (Å²) in [6.45, 7) is 4.59. The van der Waals surface area contributed by atoms with Gasteiger partial charge in [-0.15, -0.1) is 11.3 Å². The molecule has 0 aliphatic rings. The fourth-order valence-corrected chi connectivity index (χ4v) is 3.65. The van der Waals surface area contributed by atoms with Crippen molar-refractivity contribution in [1.82, 2.24) is 9.97 Å². The van der Waals surface area contributed by atoms with Crippen molar-refractivity contribution in [2.24, 2.45) is 0 Å². The molecule has 0 fully saturated rings. The zero-order chi connectivity index (χ0) is 15.5. The van der Waals surface area contributed by atoms with Crippen LogP contribution in [0.4, 0.5) is 0 Å². The molecule has 0 radical (unpaired) electrons. The van der Waals surface area contributed by atoms with Gasteiger partial charge in [-0.3, -0.25) is 4.79 Å². The Hall–Kier alpha value is -1.79. The van der Waals surface area contributed by atoms with Crippen molar-refractivity contribution < 1.29 is 4.74 Å². The largest absolute Gasteiger partial charge is 0.493 e. The van der Waals surface area contributed by atoms with Gasteiger partial charge in [-0.05, 0) is 32.0 Å². The molecular weight excluding hydrogens is 316 g/mol. The maximum atomic E-state index is 12.0. The first-order valence-electron chi connectivity index (χ1n) is 6.94. The van der Waals surface area contributed by atoms with Gasteiger partial charge in [0.25, 0.3) is 5.56 Å². The number of fused-ring (bicyclic) bond motifs is 1. The van der Waals surface area contributed by atoms with E-state index in [9.17, 15) is 4.79 Å². The van der Waals surface area contributed by atoms with Crippen molar-refractivity contribution in [2.75, 3.05) is 12.4 Å². The summed E-state index contributed by atoms with van der Waals surface area (Å²) in [7, 11) is 0. The SMILES string of the molecule is Cc1ccc(OCCSc2nc3sc(C)cc3c(=O)[nH]2)cc1. The summed E-state index contributed by atoms with van der Waals surface area (Å²) in [5.41, 5.74) is 1.14. The van der Waals surface area contributed by atoms with Crippen LogP contribution in [-0.4, -0.2) is 22.3 Å². The molecule has 1 N–H and O–H groups in total. The van der Waals surface area contributed by atoms with Crippen molar-refractivity contribution >= 4 is 33.3 Å². The van der Waals surface area contributed by atoms with Gasteiger partial charge in [0.1, 0.15) is 10.6 Å². The normalized spacial score (nSPS) is 11.0. The fraction of sp³-hybridized carbons (Fsp3) is 0.250. The number of thiophene rings is 1. The Morgan fingerprint density at radius 2 is 2.05 bits per heavy atom. The van der Waals surface area contributed by atoms with Gasteiger partial charge in [0.2, 0.25) is 0 Å². The number of aromatic nitrogens is 2. The quantitative estimate of drug-likeness (QED) is 0.439. The number of ether oxygens (including phenoxy) is 1. The van der Waals surface area contributed by atoms with Gasteiger partial charge >= 0.3 is 0 Å². The molecular formula is C16H16N2O2S2. The Balaban J connectivity index is 1.59. The number of hydrogen-bond donors (Lipinski definition) is 1. The summed E-state index contributed by atoms with van der Waals surface area (Å²) in [6.07, 6.45) is 0. The molecule has 0 aliphatic carbocycles. The first-order valence-corrected chi connectivity index (χ1v) is 8.75. The van der Waals surface area contributed by atoms with Crippen molar-refractivity contribution in [2.45, 2.75) is 19.0 Å². The van der Waals surface area contributed by atoms with E-state index in [1.54, 1.807) is 11.3 Å². The predicted octanol–water partition coefficient (Wildman–Crippen LogP) is 3.77. The molecule has 0 unspecified atom stereocenters. The van der Waals surface area contributed by atoms with Gasteiger partial charge in [-0.25, -0.2) is 4.98 Å². The number of rotatable bonds is 5. The molecule has 1 aromatic carbocycles. The van der Waals surface area contributed by atoms with E-state index in [2.05, 4.69) is 9.97 Å².